The van der Waals surface area contributed by atoms with E-state index in [0.717, 1.165) is 6.07 Å². The van der Waals surface area contributed by atoms with Gasteiger partial charge in [-0.1, -0.05) is 11.5 Å². The van der Waals surface area contributed by atoms with Gasteiger partial charge in [0.2, 0.25) is 0 Å². The van der Waals surface area contributed by atoms with Crippen molar-refractivity contribution in [3.05, 3.63) is 29.8 Å². The second-order valence-corrected chi connectivity index (χ2v) is 1.89. The van der Waals surface area contributed by atoms with Crippen LogP contribution in [0.2, 0.25) is 0 Å². The van der Waals surface area contributed by atoms with Crippen LogP contribution in [0.3, 0.4) is 0 Å². The van der Waals surface area contributed by atoms with Crippen molar-refractivity contribution >= 4 is 13.3 Å². The molecule has 3 heteroatoms. The Bertz CT molecular complexity index is 222. The molecule has 9 heavy (non-hydrogen) atoms. The van der Waals surface area contributed by atoms with Crippen LogP contribution in [-0.2, 0) is 0 Å². The van der Waals surface area contributed by atoms with Crippen molar-refractivity contribution in [2.45, 2.75) is 0 Å². The Morgan fingerprint density at radius 1 is 1.22 bits per heavy atom. The first-order chi connectivity index (χ1) is 4.20. The van der Waals surface area contributed by atoms with Crippen LogP contribution in [-0.4, -0.2) is 7.85 Å². The molecule has 1 rings (SSSR count). The van der Waals surface area contributed by atoms with Crippen molar-refractivity contribution in [3.63, 3.8) is 0 Å². The van der Waals surface area contributed by atoms with E-state index < -0.39 is 11.6 Å². The number of hydrogen-bond donors (Lipinski definition) is 0. The number of halogens is 2. The van der Waals surface area contributed by atoms with Crippen molar-refractivity contribution in [2.24, 2.45) is 0 Å². The van der Waals surface area contributed by atoms with Gasteiger partial charge in [0.1, 0.15) is 19.5 Å². The summed E-state index contributed by atoms with van der Waals surface area (Å²) in [6.07, 6.45) is 0. The first-order valence-corrected chi connectivity index (χ1v) is 2.62. The van der Waals surface area contributed by atoms with Crippen molar-refractivity contribution in [1.29, 1.82) is 0 Å². The van der Waals surface area contributed by atoms with E-state index in [1.807, 2.05) is 0 Å². The maximum absolute atomic E-state index is 12.3. The highest BCUT2D eigenvalue weighted by Gasteiger charge is 1.95. The Kier molecular flexibility index (Phi) is 1.51. The lowest BCUT2D eigenvalue weighted by molar-refractivity contribution is 0.588. The Morgan fingerprint density at radius 2 is 1.89 bits per heavy atom. The van der Waals surface area contributed by atoms with Crippen LogP contribution in [0.1, 0.15) is 0 Å². The van der Waals surface area contributed by atoms with E-state index in [-0.39, 0.29) is 0 Å². The van der Waals surface area contributed by atoms with Crippen LogP contribution in [0.15, 0.2) is 18.2 Å². The SMILES string of the molecule is Bc1ccc(F)cc1F. The largest absolute Gasteiger partial charge is 0.208 e. The number of rotatable bonds is 0. The van der Waals surface area contributed by atoms with Gasteiger partial charge in [-0.2, -0.15) is 0 Å². The fourth-order valence-electron chi connectivity index (χ4n) is 0.567. The van der Waals surface area contributed by atoms with Crippen LogP contribution in [0.4, 0.5) is 8.78 Å². The highest BCUT2D eigenvalue weighted by Crippen LogP contribution is 1.96. The summed E-state index contributed by atoms with van der Waals surface area (Å²) in [4.78, 5) is 0. The lowest BCUT2D eigenvalue weighted by atomic mass is 9.96. The van der Waals surface area contributed by atoms with E-state index in [2.05, 4.69) is 0 Å². The molecule has 1 aromatic carbocycles. The molecule has 0 aliphatic rings. The third kappa shape index (κ3) is 1.28. The molecule has 0 aromatic heterocycles. The molecule has 0 radical (unpaired) electrons. The van der Waals surface area contributed by atoms with Crippen molar-refractivity contribution in [2.75, 3.05) is 0 Å². The summed E-state index contributed by atoms with van der Waals surface area (Å²) < 4.78 is 24.4. The molecule has 0 N–H and O–H groups in total. The topological polar surface area (TPSA) is 0 Å². The lowest BCUT2D eigenvalue weighted by Gasteiger charge is -1.92. The standard InChI is InChI=1S/C6H5BF2/c7-5-2-1-4(8)3-6(5)9/h1-3H,7H2. The van der Waals surface area contributed by atoms with Gasteiger partial charge in [0.15, 0.2) is 0 Å². The summed E-state index contributed by atoms with van der Waals surface area (Å²) in [5.74, 6) is -1.02. The van der Waals surface area contributed by atoms with Crippen LogP contribution in [0.5, 0.6) is 0 Å². The predicted octanol–water partition coefficient (Wildman–Crippen LogP) is 0.223. The maximum atomic E-state index is 12.3. The zero-order valence-electron chi connectivity index (χ0n) is 4.99. The number of hydrogen-bond acceptors (Lipinski definition) is 0. The summed E-state index contributed by atoms with van der Waals surface area (Å²) in [5.41, 5.74) is 0.469. The average Bonchev–Trinajstić information content (AvgIpc) is 1.80. The van der Waals surface area contributed by atoms with Crippen molar-refractivity contribution in [1.82, 2.24) is 0 Å². The van der Waals surface area contributed by atoms with Gasteiger partial charge in [0.05, 0.1) is 0 Å². The summed E-state index contributed by atoms with van der Waals surface area (Å²) in [6, 6.07) is 3.51. The fraction of sp³-hybridized carbons (Fsp3) is 0. The van der Waals surface area contributed by atoms with Gasteiger partial charge in [-0.3, -0.25) is 0 Å². The highest BCUT2D eigenvalue weighted by atomic mass is 19.1. The maximum Gasteiger partial charge on any atom is 0.143 e. The minimum absolute atomic E-state index is 0.469. The van der Waals surface area contributed by atoms with Crippen LogP contribution in [0.25, 0.3) is 0 Å². The van der Waals surface area contributed by atoms with Crippen LogP contribution < -0.4 is 5.46 Å². The molecule has 0 fully saturated rings. The molecule has 0 nitrogen and oxygen atoms in total. The monoisotopic (exact) mass is 126 g/mol. The predicted molar refractivity (Wildman–Crippen MR) is 34.5 cm³/mol. The second-order valence-electron chi connectivity index (χ2n) is 1.89. The Labute approximate surface area is 52.9 Å². The molecule has 0 aliphatic heterocycles. The van der Waals surface area contributed by atoms with Gasteiger partial charge < -0.3 is 0 Å². The minimum Gasteiger partial charge on any atom is -0.208 e. The zero-order chi connectivity index (χ0) is 6.85. The van der Waals surface area contributed by atoms with Crippen molar-refractivity contribution < 1.29 is 8.78 Å². The smallest absolute Gasteiger partial charge is 0.143 e. The van der Waals surface area contributed by atoms with Crippen LogP contribution in [0, 0.1) is 11.6 Å². The van der Waals surface area contributed by atoms with E-state index in [4.69, 9.17) is 0 Å². The summed E-state index contributed by atoms with van der Waals surface area (Å²) in [7, 11) is 1.59. The molecule has 0 heterocycles. The summed E-state index contributed by atoms with van der Waals surface area (Å²) in [5, 5.41) is 0. The third-order valence-corrected chi connectivity index (χ3v) is 1.13. The molecule has 0 unspecified atom stereocenters. The highest BCUT2D eigenvalue weighted by molar-refractivity contribution is 6.32. The molecule has 0 aliphatic carbocycles. The van der Waals surface area contributed by atoms with Gasteiger partial charge in [-0.15, -0.1) is 0 Å². The van der Waals surface area contributed by atoms with Gasteiger partial charge in [-0.25, -0.2) is 8.78 Å². The Hall–Kier alpha value is -0.855. The molecule has 46 valence electrons. The lowest BCUT2D eigenvalue weighted by Crippen LogP contribution is -2.07. The number of benzene rings is 1. The quantitative estimate of drug-likeness (QED) is 0.436. The van der Waals surface area contributed by atoms with Gasteiger partial charge in [0, 0.05) is 6.07 Å². The van der Waals surface area contributed by atoms with E-state index >= 15 is 0 Å². The van der Waals surface area contributed by atoms with Crippen molar-refractivity contribution in [3.8, 4) is 0 Å². The molecule has 0 saturated heterocycles. The van der Waals surface area contributed by atoms with E-state index in [0.29, 0.717) is 5.46 Å². The first-order valence-electron chi connectivity index (χ1n) is 2.62. The molecule has 0 saturated carbocycles. The van der Waals surface area contributed by atoms with E-state index in [1.165, 1.54) is 12.1 Å². The third-order valence-electron chi connectivity index (χ3n) is 1.13. The molecule has 0 bridgehead atoms. The van der Waals surface area contributed by atoms with E-state index in [1.54, 1.807) is 7.85 Å². The molecule has 1 aromatic rings. The molecular formula is C6H5BF2. The molecule has 0 spiro atoms. The minimum atomic E-state index is -0.530. The Balaban J connectivity index is 3.17. The summed E-state index contributed by atoms with van der Waals surface area (Å²) in [6.45, 7) is 0. The van der Waals surface area contributed by atoms with E-state index in [9.17, 15) is 8.78 Å². The summed E-state index contributed by atoms with van der Waals surface area (Å²) >= 11 is 0. The van der Waals surface area contributed by atoms with Gasteiger partial charge in [-0.05, 0) is 6.07 Å². The fourth-order valence-corrected chi connectivity index (χ4v) is 0.567. The molecule has 0 atom stereocenters. The normalized spacial score (nSPS) is 9.56. The second kappa shape index (κ2) is 2.17. The Morgan fingerprint density at radius 3 is 2.33 bits per heavy atom. The molecular weight excluding hydrogens is 121 g/mol. The average molecular weight is 126 g/mol. The first kappa shape index (κ1) is 6.27. The van der Waals surface area contributed by atoms with Crippen LogP contribution >= 0.6 is 0 Å². The van der Waals surface area contributed by atoms with Gasteiger partial charge >= 0.3 is 0 Å². The molecule has 0 amide bonds. The van der Waals surface area contributed by atoms with Gasteiger partial charge in [0.25, 0.3) is 0 Å². The zero-order valence-corrected chi connectivity index (χ0v) is 4.99.